The molecule has 3 rings (SSSR count). The Labute approximate surface area is 195 Å². The average Bonchev–Trinajstić information content (AvgIpc) is 3.25. The molecule has 0 bridgehead atoms. The number of sulfonamides is 1. The van der Waals surface area contributed by atoms with Crippen LogP contribution in [0.2, 0.25) is 0 Å². The highest BCUT2D eigenvalue weighted by Gasteiger charge is 2.33. The third kappa shape index (κ3) is 5.94. The number of carbonyl (C=O) groups is 1. The number of anilines is 1. The van der Waals surface area contributed by atoms with E-state index in [1.54, 1.807) is 44.2 Å². The fraction of sp³-hybridized carbons (Fsp3) is 0.273. The van der Waals surface area contributed by atoms with Crippen LogP contribution in [0.15, 0.2) is 65.7 Å². The molecule has 0 unspecified atom stereocenters. The van der Waals surface area contributed by atoms with Gasteiger partial charge in [-0.2, -0.15) is 22.6 Å². The van der Waals surface area contributed by atoms with E-state index < -0.39 is 34.3 Å². The maximum atomic E-state index is 12.9. The Bertz CT molecular complexity index is 1240. The second-order valence-electron chi connectivity index (χ2n) is 7.11. The molecule has 0 atom stereocenters. The molecule has 0 fully saturated rings. The first-order valence-corrected chi connectivity index (χ1v) is 11.8. The zero-order valence-corrected chi connectivity index (χ0v) is 19.2. The van der Waals surface area contributed by atoms with Crippen LogP contribution in [0.4, 0.5) is 18.9 Å². The largest absolute Gasteiger partial charge is 0.455 e. The smallest absolute Gasteiger partial charge is 0.435 e. The molecule has 0 saturated carbocycles. The summed E-state index contributed by atoms with van der Waals surface area (Å²) >= 11 is 0. The van der Waals surface area contributed by atoms with E-state index in [0.717, 1.165) is 16.9 Å². The van der Waals surface area contributed by atoms with Gasteiger partial charge < -0.3 is 10.1 Å². The van der Waals surface area contributed by atoms with Gasteiger partial charge in [0.1, 0.15) is 12.3 Å². The average molecular weight is 497 g/mol. The quantitative estimate of drug-likeness (QED) is 0.475. The fourth-order valence-electron chi connectivity index (χ4n) is 3.12. The first-order valence-electron chi connectivity index (χ1n) is 10.3. The van der Waals surface area contributed by atoms with Crippen molar-refractivity contribution in [2.24, 2.45) is 0 Å². The first-order chi connectivity index (χ1) is 16.0. The van der Waals surface area contributed by atoms with Gasteiger partial charge >= 0.3 is 6.18 Å². The lowest BCUT2D eigenvalue weighted by Gasteiger charge is -2.20. The number of carbonyl (C=O) groups excluding carboxylic acids is 1. The SMILES string of the molecule is CCN(CC)S(=O)(=O)c1ccc(Oc2ccccc2)c(NC(=O)Cn2ccc(C(F)(F)F)n2)c1. The van der Waals surface area contributed by atoms with E-state index in [2.05, 4.69) is 10.4 Å². The van der Waals surface area contributed by atoms with Crippen molar-refractivity contribution in [2.75, 3.05) is 18.4 Å². The minimum absolute atomic E-state index is 0.0466. The molecule has 0 spiro atoms. The van der Waals surface area contributed by atoms with Gasteiger partial charge in [0.15, 0.2) is 11.4 Å². The molecule has 3 aromatic rings. The number of nitrogens with one attached hydrogen (secondary N) is 1. The van der Waals surface area contributed by atoms with Crippen LogP contribution in [0.5, 0.6) is 11.5 Å². The monoisotopic (exact) mass is 496 g/mol. The van der Waals surface area contributed by atoms with Crippen molar-refractivity contribution < 1.29 is 31.1 Å². The van der Waals surface area contributed by atoms with Crippen LogP contribution in [-0.4, -0.2) is 41.5 Å². The van der Waals surface area contributed by atoms with Gasteiger partial charge in [-0.05, 0) is 36.4 Å². The van der Waals surface area contributed by atoms with Crippen LogP contribution in [0.1, 0.15) is 19.5 Å². The number of alkyl halides is 3. The van der Waals surface area contributed by atoms with Gasteiger partial charge in [-0.15, -0.1) is 0 Å². The molecule has 182 valence electrons. The zero-order valence-electron chi connectivity index (χ0n) is 18.4. The van der Waals surface area contributed by atoms with Crippen molar-refractivity contribution in [3.05, 3.63) is 66.5 Å². The Morgan fingerprint density at radius 3 is 2.35 bits per heavy atom. The van der Waals surface area contributed by atoms with Crippen molar-refractivity contribution >= 4 is 21.6 Å². The van der Waals surface area contributed by atoms with Gasteiger partial charge in [-0.1, -0.05) is 32.0 Å². The van der Waals surface area contributed by atoms with E-state index in [1.807, 2.05) is 0 Å². The number of halogens is 3. The molecular weight excluding hydrogens is 473 g/mol. The number of rotatable bonds is 9. The molecule has 1 N–H and O–H groups in total. The van der Waals surface area contributed by atoms with E-state index in [4.69, 9.17) is 4.74 Å². The predicted octanol–water partition coefficient (Wildman–Crippen LogP) is 4.36. The summed E-state index contributed by atoms with van der Waals surface area (Å²) in [7, 11) is -3.84. The van der Waals surface area contributed by atoms with Crippen LogP contribution >= 0.6 is 0 Å². The van der Waals surface area contributed by atoms with Crippen LogP contribution in [-0.2, 0) is 27.5 Å². The topological polar surface area (TPSA) is 93.5 Å². The van der Waals surface area contributed by atoms with E-state index in [9.17, 15) is 26.4 Å². The Kier molecular flexibility index (Phi) is 7.62. The zero-order chi connectivity index (χ0) is 24.9. The van der Waals surface area contributed by atoms with Crippen LogP contribution in [0, 0.1) is 0 Å². The van der Waals surface area contributed by atoms with Crippen molar-refractivity contribution in [1.82, 2.24) is 14.1 Å². The Balaban J connectivity index is 1.91. The molecular formula is C22H23F3N4O4S. The first kappa shape index (κ1) is 25.2. The molecule has 2 aromatic carbocycles. The third-order valence-electron chi connectivity index (χ3n) is 4.78. The molecule has 12 heteroatoms. The van der Waals surface area contributed by atoms with E-state index in [-0.39, 0.29) is 29.4 Å². The molecule has 0 radical (unpaired) electrons. The van der Waals surface area contributed by atoms with Gasteiger partial charge in [0.25, 0.3) is 0 Å². The maximum absolute atomic E-state index is 12.9. The van der Waals surface area contributed by atoms with Gasteiger partial charge in [-0.3, -0.25) is 9.48 Å². The molecule has 0 aliphatic heterocycles. The van der Waals surface area contributed by atoms with Gasteiger partial charge in [0.05, 0.1) is 10.6 Å². The highest BCUT2D eigenvalue weighted by atomic mass is 32.2. The normalized spacial score (nSPS) is 12.1. The number of hydrogen-bond acceptors (Lipinski definition) is 5. The number of nitrogens with zero attached hydrogens (tertiary/aromatic N) is 3. The summed E-state index contributed by atoms with van der Waals surface area (Å²) in [6, 6.07) is 13.4. The lowest BCUT2D eigenvalue weighted by Crippen LogP contribution is -2.30. The predicted molar refractivity (Wildman–Crippen MR) is 119 cm³/mol. The maximum Gasteiger partial charge on any atom is 0.435 e. The van der Waals surface area contributed by atoms with E-state index in [1.165, 1.54) is 22.5 Å². The Hall–Kier alpha value is -3.38. The summed E-state index contributed by atoms with van der Waals surface area (Å²) in [6.07, 6.45) is -3.60. The molecule has 0 aliphatic carbocycles. The second-order valence-corrected chi connectivity index (χ2v) is 9.04. The molecule has 1 amide bonds. The number of ether oxygens (including phenoxy) is 1. The summed E-state index contributed by atoms with van der Waals surface area (Å²) in [5.41, 5.74) is -1.08. The molecule has 0 saturated heterocycles. The summed E-state index contributed by atoms with van der Waals surface area (Å²) in [5, 5.41) is 5.88. The van der Waals surface area contributed by atoms with Crippen LogP contribution < -0.4 is 10.1 Å². The number of amides is 1. The summed E-state index contributed by atoms with van der Waals surface area (Å²) in [5.74, 6) is -0.110. The summed E-state index contributed by atoms with van der Waals surface area (Å²) in [6.45, 7) is 3.40. The fourth-order valence-corrected chi connectivity index (χ4v) is 4.61. The summed E-state index contributed by atoms with van der Waals surface area (Å²) < 4.78 is 72.1. The number of aromatic nitrogens is 2. The van der Waals surface area contributed by atoms with Crippen LogP contribution in [0.25, 0.3) is 0 Å². The van der Waals surface area contributed by atoms with Gasteiger partial charge in [-0.25, -0.2) is 8.42 Å². The Morgan fingerprint density at radius 1 is 1.09 bits per heavy atom. The third-order valence-corrected chi connectivity index (χ3v) is 6.82. The standard InChI is InChI=1S/C22H23F3N4O4S/c1-3-29(4-2)34(31,32)17-10-11-19(33-16-8-6-5-7-9-16)18(14-17)26-21(30)15-28-13-12-20(27-28)22(23,24)25/h5-14H,3-4,15H2,1-2H3,(H,26,30). The summed E-state index contributed by atoms with van der Waals surface area (Å²) in [4.78, 5) is 12.5. The van der Waals surface area contributed by atoms with Crippen molar-refractivity contribution in [2.45, 2.75) is 31.5 Å². The van der Waals surface area contributed by atoms with E-state index >= 15 is 0 Å². The minimum Gasteiger partial charge on any atom is -0.455 e. The molecule has 34 heavy (non-hydrogen) atoms. The molecule has 1 aromatic heterocycles. The lowest BCUT2D eigenvalue weighted by molar-refractivity contribution is -0.141. The van der Waals surface area contributed by atoms with Crippen molar-refractivity contribution in [1.29, 1.82) is 0 Å². The highest BCUT2D eigenvalue weighted by molar-refractivity contribution is 7.89. The Morgan fingerprint density at radius 2 is 1.76 bits per heavy atom. The van der Waals surface area contributed by atoms with Gasteiger partial charge in [0.2, 0.25) is 15.9 Å². The van der Waals surface area contributed by atoms with Crippen molar-refractivity contribution in [3.8, 4) is 11.5 Å². The van der Waals surface area contributed by atoms with Gasteiger partial charge in [0, 0.05) is 19.3 Å². The second kappa shape index (κ2) is 10.3. The number of hydrogen-bond donors (Lipinski definition) is 1. The molecule has 8 nitrogen and oxygen atoms in total. The molecule has 0 aliphatic rings. The van der Waals surface area contributed by atoms with Crippen molar-refractivity contribution in [3.63, 3.8) is 0 Å². The lowest BCUT2D eigenvalue weighted by atomic mass is 10.2. The minimum atomic E-state index is -4.63. The van der Waals surface area contributed by atoms with Crippen LogP contribution in [0.3, 0.4) is 0 Å². The number of para-hydroxylation sites is 1. The number of benzene rings is 2. The van der Waals surface area contributed by atoms with E-state index in [0.29, 0.717) is 5.75 Å². The molecule has 1 heterocycles. The highest BCUT2D eigenvalue weighted by Crippen LogP contribution is 2.33.